The van der Waals surface area contributed by atoms with E-state index < -0.39 is 0 Å². The van der Waals surface area contributed by atoms with E-state index in [2.05, 4.69) is 10.3 Å². The second-order valence-electron chi connectivity index (χ2n) is 5.22. The SMILES string of the molecule is COCCCN(CCOC)C(=NC1CCCCC1)NN. The minimum absolute atomic E-state index is 0.405. The fourth-order valence-corrected chi connectivity index (χ4v) is 2.52. The van der Waals surface area contributed by atoms with E-state index in [4.69, 9.17) is 20.3 Å². The number of methoxy groups -OCH3 is 2. The van der Waals surface area contributed by atoms with Gasteiger partial charge in [-0.2, -0.15) is 0 Å². The number of nitrogens with zero attached hydrogens (tertiary/aromatic N) is 2. The molecule has 1 rings (SSSR count). The van der Waals surface area contributed by atoms with Crippen LogP contribution >= 0.6 is 0 Å². The van der Waals surface area contributed by atoms with Gasteiger partial charge in [0.05, 0.1) is 12.6 Å². The van der Waals surface area contributed by atoms with E-state index in [1.54, 1.807) is 14.2 Å². The first kappa shape index (κ1) is 17.2. The summed E-state index contributed by atoms with van der Waals surface area (Å²) in [5.74, 6) is 6.45. The third-order valence-electron chi connectivity index (χ3n) is 3.65. The lowest BCUT2D eigenvalue weighted by Crippen LogP contribution is -2.47. The summed E-state index contributed by atoms with van der Waals surface area (Å²) in [6.07, 6.45) is 7.16. The summed E-state index contributed by atoms with van der Waals surface area (Å²) in [4.78, 5) is 6.95. The Morgan fingerprint density at radius 1 is 1.15 bits per heavy atom. The van der Waals surface area contributed by atoms with Gasteiger partial charge >= 0.3 is 0 Å². The quantitative estimate of drug-likeness (QED) is 0.230. The molecular weight excluding hydrogens is 256 g/mol. The van der Waals surface area contributed by atoms with E-state index in [-0.39, 0.29) is 0 Å². The van der Waals surface area contributed by atoms with Crippen LogP contribution in [0.3, 0.4) is 0 Å². The topological polar surface area (TPSA) is 72.1 Å². The van der Waals surface area contributed by atoms with Gasteiger partial charge < -0.3 is 14.4 Å². The van der Waals surface area contributed by atoms with Crippen LogP contribution in [-0.4, -0.2) is 57.4 Å². The Kier molecular flexibility index (Phi) is 9.36. The zero-order valence-corrected chi connectivity index (χ0v) is 12.9. The first-order valence-electron chi connectivity index (χ1n) is 7.59. The standard InChI is InChI=1S/C14H30N4O2/c1-19-11-6-9-18(10-12-20-2)14(17-15)16-13-7-4-3-5-8-13/h13H,3-12,15H2,1-2H3,(H,16,17). The van der Waals surface area contributed by atoms with Gasteiger partial charge in [0.15, 0.2) is 0 Å². The first-order chi connectivity index (χ1) is 9.81. The highest BCUT2D eigenvalue weighted by Crippen LogP contribution is 2.20. The minimum Gasteiger partial charge on any atom is -0.385 e. The molecule has 20 heavy (non-hydrogen) atoms. The van der Waals surface area contributed by atoms with Crippen LogP contribution < -0.4 is 11.3 Å². The second-order valence-corrected chi connectivity index (χ2v) is 5.22. The van der Waals surface area contributed by atoms with Gasteiger partial charge in [-0.05, 0) is 19.3 Å². The molecule has 3 N–H and O–H groups in total. The smallest absolute Gasteiger partial charge is 0.208 e. The molecule has 1 aliphatic carbocycles. The predicted molar refractivity (Wildman–Crippen MR) is 81.6 cm³/mol. The van der Waals surface area contributed by atoms with Gasteiger partial charge in [0, 0.05) is 33.9 Å². The highest BCUT2D eigenvalue weighted by Gasteiger charge is 2.16. The highest BCUT2D eigenvalue weighted by atomic mass is 16.5. The molecule has 0 saturated heterocycles. The average molecular weight is 286 g/mol. The molecule has 0 spiro atoms. The van der Waals surface area contributed by atoms with Gasteiger partial charge in [0.1, 0.15) is 0 Å². The molecule has 1 saturated carbocycles. The number of hydrazine groups is 1. The first-order valence-corrected chi connectivity index (χ1v) is 7.59. The van der Waals surface area contributed by atoms with Crippen LogP contribution in [0.1, 0.15) is 38.5 Å². The Morgan fingerprint density at radius 3 is 2.45 bits per heavy atom. The van der Waals surface area contributed by atoms with E-state index in [0.717, 1.165) is 32.1 Å². The van der Waals surface area contributed by atoms with Crippen LogP contribution in [0.5, 0.6) is 0 Å². The number of hydrogen-bond donors (Lipinski definition) is 2. The van der Waals surface area contributed by atoms with Gasteiger partial charge in [0.2, 0.25) is 5.96 Å². The summed E-state index contributed by atoms with van der Waals surface area (Å²) in [5, 5.41) is 0. The summed E-state index contributed by atoms with van der Waals surface area (Å²) < 4.78 is 10.3. The van der Waals surface area contributed by atoms with Crippen molar-refractivity contribution >= 4 is 5.96 Å². The van der Waals surface area contributed by atoms with Gasteiger partial charge in [-0.1, -0.05) is 19.3 Å². The molecule has 118 valence electrons. The van der Waals surface area contributed by atoms with E-state index in [1.807, 2.05) is 0 Å². The largest absolute Gasteiger partial charge is 0.385 e. The molecule has 0 unspecified atom stereocenters. The van der Waals surface area contributed by atoms with Crippen molar-refractivity contribution in [1.82, 2.24) is 10.3 Å². The maximum Gasteiger partial charge on any atom is 0.208 e. The molecule has 0 aromatic rings. The van der Waals surface area contributed by atoms with Crippen molar-refractivity contribution in [3.8, 4) is 0 Å². The summed E-state index contributed by atoms with van der Waals surface area (Å²) in [6, 6.07) is 0.405. The summed E-state index contributed by atoms with van der Waals surface area (Å²) >= 11 is 0. The number of guanidine groups is 1. The summed E-state index contributed by atoms with van der Waals surface area (Å²) in [5.41, 5.74) is 2.76. The Morgan fingerprint density at radius 2 is 1.85 bits per heavy atom. The highest BCUT2D eigenvalue weighted by molar-refractivity contribution is 5.79. The number of nitrogens with one attached hydrogen (secondary N) is 1. The molecule has 6 nitrogen and oxygen atoms in total. The molecule has 0 atom stereocenters. The van der Waals surface area contributed by atoms with Crippen LogP contribution in [0.2, 0.25) is 0 Å². The van der Waals surface area contributed by atoms with Crippen LogP contribution in [0, 0.1) is 0 Å². The average Bonchev–Trinajstić information content (AvgIpc) is 2.50. The van der Waals surface area contributed by atoms with Crippen molar-refractivity contribution in [2.75, 3.05) is 40.5 Å². The molecule has 0 radical (unpaired) electrons. The van der Waals surface area contributed by atoms with E-state index in [0.29, 0.717) is 12.6 Å². The summed E-state index contributed by atoms with van der Waals surface area (Å²) in [6.45, 7) is 3.06. The lowest BCUT2D eigenvalue weighted by atomic mass is 9.96. The molecule has 0 bridgehead atoms. The third-order valence-corrected chi connectivity index (χ3v) is 3.65. The van der Waals surface area contributed by atoms with Crippen LogP contribution in [0.15, 0.2) is 4.99 Å². The van der Waals surface area contributed by atoms with Gasteiger partial charge in [0.25, 0.3) is 0 Å². The molecular formula is C14H30N4O2. The van der Waals surface area contributed by atoms with Crippen molar-refractivity contribution in [2.24, 2.45) is 10.8 Å². The molecule has 0 aromatic heterocycles. The normalized spacial score (nSPS) is 17.2. The lowest BCUT2D eigenvalue weighted by Gasteiger charge is -2.27. The fourth-order valence-electron chi connectivity index (χ4n) is 2.52. The van der Waals surface area contributed by atoms with Crippen molar-refractivity contribution in [3.63, 3.8) is 0 Å². The van der Waals surface area contributed by atoms with E-state index >= 15 is 0 Å². The van der Waals surface area contributed by atoms with Crippen molar-refractivity contribution in [1.29, 1.82) is 0 Å². The number of nitrogens with two attached hydrogens (primary N) is 1. The van der Waals surface area contributed by atoms with Crippen molar-refractivity contribution < 1.29 is 9.47 Å². The summed E-state index contributed by atoms with van der Waals surface area (Å²) in [7, 11) is 3.43. The zero-order valence-electron chi connectivity index (χ0n) is 12.9. The Bertz CT molecular complexity index is 268. The van der Waals surface area contributed by atoms with Gasteiger partial charge in [-0.3, -0.25) is 5.43 Å². The Hall–Kier alpha value is -0.850. The van der Waals surface area contributed by atoms with E-state index in [1.165, 1.54) is 32.1 Å². The number of rotatable bonds is 8. The molecule has 0 aromatic carbocycles. The second kappa shape index (κ2) is 10.9. The molecule has 6 heteroatoms. The number of aliphatic imine (C=N–C) groups is 1. The molecule has 1 aliphatic rings. The molecule has 0 aliphatic heterocycles. The van der Waals surface area contributed by atoms with Gasteiger partial charge in [-0.15, -0.1) is 0 Å². The Balaban J connectivity index is 2.58. The van der Waals surface area contributed by atoms with Gasteiger partial charge in [-0.25, -0.2) is 10.8 Å². The number of ether oxygens (including phenoxy) is 2. The van der Waals surface area contributed by atoms with Crippen LogP contribution in [0.4, 0.5) is 0 Å². The Labute approximate surface area is 122 Å². The zero-order chi connectivity index (χ0) is 14.6. The fraction of sp³-hybridized carbons (Fsp3) is 0.929. The monoisotopic (exact) mass is 286 g/mol. The third kappa shape index (κ3) is 6.54. The molecule has 0 amide bonds. The molecule has 0 heterocycles. The lowest BCUT2D eigenvalue weighted by molar-refractivity contribution is 0.159. The number of hydrogen-bond acceptors (Lipinski definition) is 4. The maximum atomic E-state index is 5.67. The van der Waals surface area contributed by atoms with Crippen molar-refractivity contribution in [2.45, 2.75) is 44.6 Å². The maximum absolute atomic E-state index is 5.67. The van der Waals surface area contributed by atoms with Crippen LogP contribution in [0.25, 0.3) is 0 Å². The van der Waals surface area contributed by atoms with Crippen LogP contribution in [-0.2, 0) is 9.47 Å². The minimum atomic E-state index is 0.405. The van der Waals surface area contributed by atoms with E-state index in [9.17, 15) is 0 Å². The van der Waals surface area contributed by atoms with Crippen molar-refractivity contribution in [3.05, 3.63) is 0 Å². The molecule has 1 fully saturated rings. The predicted octanol–water partition coefficient (Wildman–Crippen LogP) is 1.12.